The molecule has 0 unspecified atom stereocenters. The van der Waals surface area contributed by atoms with Gasteiger partial charge >= 0.3 is 6.09 Å². The van der Waals surface area contributed by atoms with Gasteiger partial charge < -0.3 is 9.47 Å². The lowest BCUT2D eigenvalue weighted by atomic mass is 10.2. The first-order chi connectivity index (χ1) is 8.23. The Labute approximate surface area is 115 Å². The zero-order chi connectivity index (χ0) is 13.9. The Balaban J connectivity index is 2.90. The van der Waals surface area contributed by atoms with Crippen LogP contribution in [0.5, 0.6) is 5.75 Å². The standard InChI is InChI=1S/C12H17BrN2O3/c1-7-8(13)6-9(17-5)10(14-7)15-11(16)18-12(2,3)4/h6H,1-5H3,(H,14,15,16). The van der Waals surface area contributed by atoms with E-state index in [1.54, 1.807) is 26.8 Å². The van der Waals surface area contributed by atoms with Crippen molar-refractivity contribution in [1.29, 1.82) is 0 Å². The zero-order valence-electron chi connectivity index (χ0n) is 11.1. The third kappa shape index (κ3) is 4.18. The summed E-state index contributed by atoms with van der Waals surface area (Å²) < 4.78 is 11.1. The SMILES string of the molecule is COc1cc(Br)c(C)nc1NC(=O)OC(C)(C)C. The molecule has 0 aliphatic rings. The Kier molecular flexibility index (Phi) is 4.56. The number of methoxy groups -OCH3 is 1. The van der Waals surface area contributed by atoms with Crippen LogP contribution in [0.3, 0.4) is 0 Å². The summed E-state index contributed by atoms with van der Waals surface area (Å²) >= 11 is 3.35. The van der Waals surface area contributed by atoms with Crippen LogP contribution < -0.4 is 10.1 Å². The highest BCUT2D eigenvalue weighted by atomic mass is 79.9. The number of amides is 1. The van der Waals surface area contributed by atoms with E-state index in [2.05, 4.69) is 26.2 Å². The molecule has 1 aromatic heterocycles. The van der Waals surface area contributed by atoms with E-state index < -0.39 is 11.7 Å². The first-order valence-electron chi connectivity index (χ1n) is 5.44. The number of nitrogens with one attached hydrogen (secondary N) is 1. The Morgan fingerprint density at radius 1 is 1.44 bits per heavy atom. The molecular weight excluding hydrogens is 300 g/mol. The van der Waals surface area contributed by atoms with Crippen LogP contribution in [0.2, 0.25) is 0 Å². The molecule has 0 aliphatic carbocycles. The van der Waals surface area contributed by atoms with Crippen LogP contribution in [-0.4, -0.2) is 23.8 Å². The predicted octanol–water partition coefficient (Wildman–Crippen LogP) is 3.51. The maximum atomic E-state index is 11.7. The lowest BCUT2D eigenvalue weighted by Crippen LogP contribution is -2.27. The second kappa shape index (κ2) is 5.56. The van der Waals surface area contributed by atoms with Gasteiger partial charge in [0.2, 0.25) is 0 Å². The van der Waals surface area contributed by atoms with Gasteiger partial charge in [-0.05, 0) is 43.6 Å². The fourth-order valence-corrected chi connectivity index (χ4v) is 1.51. The van der Waals surface area contributed by atoms with Gasteiger partial charge in [0.1, 0.15) is 5.60 Å². The Morgan fingerprint density at radius 3 is 2.56 bits per heavy atom. The number of aromatic nitrogens is 1. The molecular formula is C12H17BrN2O3. The number of hydrogen-bond donors (Lipinski definition) is 1. The van der Waals surface area contributed by atoms with Crippen molar-refractivity contribution in [3.05, 3.63) is 16.2 Å². The molecule has 0 aliphatic heterocycles. The third-order valence-corrected chi connectivity index (χ3v) is 2.76. The van der Waals surface area contributed by atoms with Crippen molar-refractivity contribution >= 4 is 27.8 Å². The van der Waals surface area contributed by atoms with Crippen LogP contribution in [-0.2, 0) is 4.74 Å². The molecule has 0 aromatic carbocycles. The number of halogens is 1. The molecule has 1 rings (SSSR count). The number of nitrogens with zero attached hydrogens (tertiary/aromatic N) is 1. The summed E-state index contributed by atoms with van der Waals surface area (Å²) in [6.45, 7) is 7.21. The van der Waals surface area contributed by atoms with E-state index in [4.69, 9.17) is 9.47 Å². The maximum Gasteiger partial charge on any atom is 0.413 e. The predicted molar refractivity (Wildman–Crippen MR) is 73.1 cm³/mol. The highest BCUT2D eigenvalue weighted by Gasteiger charge is 2.18. The van der Waals surface area contributed by atoms with Crippen LogP contribution >= 0.6 is 15.9 Å². The zero-order valence-corrected chi connectivity index (χ0v) is 12.7. The number of anilines is 1. The number of hydrogen-bond acceptors (Lipinski definition) is 4. The minimum Gasteiger partial charge on any atom is -0.493 e. The van der Waals surface area contributed by atoms with E-state index >= 15 is 0 Å². The molecule has 5 nitrogen and oxygen atoms in total. The molecule has 1 amide bonds. The first-order valence-corrected chi connectivity index (χ1v) is 6.23. The molecule has 0 saturated carbocycles. The van der Waals surface area contributed by atoms with Crippen molar-refractivity contribution in [2.24, 2.45) is 0 Å². The molecule has 1 N–H and O–H groups in total. The van der Waals surface area contributed by atoms with E-state index in [-0.39, 0.29) is 0 Å². The smallest absolute Gasteiger partial charge is 0.413 e. The number of carbonyl (C=O) groups excluding carboxylic acids is 1. The molecule has 0 atom stereocenters. The Morgan fingerprint density at radius 2 is 2.06 bits per heavy atom. The third-order valence-electron chi connectivity index (χ3n) is 1.96. The molecule has 0 saturated heterocycles. The topological polar surface area (TPSA) is 60.5 Å². The van der Waals surface area contributed by atoms with Crippen molar-refractivity contribution < 1.29 is 14.3 Å². The molecule has 1 aromatic rings. The van der Waals surface area contributed by atoms with E-state index in [0.717, 1.165) is 10.2 Å². The Hall–Kier alpha value is -1.30. The van der Waals surface area contributed by atoms with Crippen LogP contribution in [0.15, 0.2) is 10.5 Å². The van der Waals surface area contributed by atoms with Crippen LogP contribution in [0.4, 0.5) is 10.6 Å². The van der Waals surface area contributed by atoms with Crippen molar-refractivity contribution in [2.45, 2.75) is 33.3 Å². The Bertz CT molecular complexity index is 455. The fraction of sp³-hybridized carbons (Fsp3) is 0.500. The summed E-state index contributed by atoms with van der Waals surface area (Å²) in [7, 11) is 1.51. The summed E-state index contributed by atoms with van der Waals surface area (Å²) in [5, 5.41) is 2.57. The van der Waals surface area contributed by atoms with Gasteiger partial charge in [-0.25, -0.2) is 9.78 Å². The van der Waals surface area contributed by atoms with Gasteiger partial charge in [-0.2, -0.15) is 0 Å². The molecule has 0 fully saturated rings. The molecule has 1 heterocycles. The molecule has 6 heteroatoms. The van der Waals surface area contributed by atoms with Crippen molar-refractivity contribution in [3.63, 3.8) is 0 Å². The van der Waals surface area contributed by atoms with Crippen molar-refractivity contribution in [2.75, 3.05) is 12.4 Å². The summed E-state index contributed by atoms with van der Waals surface area (Å²) in [6, 6.07) is 1.75. The number of rotatable bonds is 2. The van der Waals surface area contributed by atoms with E-state index in [1.807, 2.05) is 6.92 Å². The summed E-state index contributed by atoms with van der Waals surface area (Å²) in [4.78, 5) is 15.9. The normalized spacial score (nSPS) is 11.0. The van der Waals surface area contributed by atoms with Crippen molar-refractivity contribution in [3.8, 4) is 5.75 Å². The monoisotopic (exact) mass is 316 g/mol. The molecule has 18 heavy (non-hydrogen) atoms. The van der Waals surface area contributed by atoms with Crippen molar-refractivity contribution in [1.82, 2.24) is 4.98 Å². The number of carbonyl (C=O) groups is 1. The maximum absolute atomic E-state index is 11.7. The lowest BCUT2D eigenvalue weighted by molar-refractivity contribution is 0.0634. The second-order valence-corrected chi connectivity index (χ2v) is 5.59. The minimum absolute atomic E-state index is 0.340. The second-order valence-electron chi connectivity index (χ2n) is 4.73. The molecule has 0 spiro atoms. The largest absolute Gasteiger partial charge is 0.493 e. The highest BCUT2D eigenvalue weighted by Crippen LogP contribution is 2.28. The minimum atomic E-state index is -0.560. The quantitative estimate of drug-likeness (QED) is 0.907. The van der Waals surface area contributed by atoms with Crippen LogP contribution in [0.25, 0.3) is 0 Å². The number of ether oxygens (including phenoxy) is 2. The number of pyridine rings is 1. The van der Waals surface area contributed by atoms with E-state index in [1.165, 1.54) is 7.11 Å². The molecule has 0 radical (unpaired) electrons. The van der Waals surface area contributed by atoms with Gasteiger partial charge in [0, 0.05) is 10.5 Å². The van der Waals surface area contributed by atoms with Gasteiger partial charge in [0.25, 0.3) is 0 Å². The summed E-state index contributed by atoms with van der Waals surface area (Å²) in [5.74, 6) is 0.811. The highest BCUT2D eigenvalue weighted by molar-refractivity contribution is 9.10. The van der Waals surface area contributed by atoms with Gasteiger partial charge in [-0.3, -0.25) is 5.32 Å². The van der Waals surface area contributed by atoms with Gasteiger partial charge in [-0.1, -0.05) is 0 Å². The van der Waals surface area contributed by atoms with Gasteiger partial charge in [-0.15, -0.1) is 0 Å². The van der Waals surface area contributed by atoms with Gasteiger partial charge in [0.05, 0.1) is 12.8 Å². The van der Waals surface area contributed by atoms with E-state index in [0.29, 0.717) is 11.6 Å². The average Bonchev–Trinajstić information content (AvgIpc) is 2.20. The average molecular weight is 317 g/mol. The summed E-state index contributed by atoms with van der Waals surface area (Å²) in [6.07, 6.45) is -0.560. The number of aryl methyl sites for hydroxylation is 1. The lowest BCUT2D eigenvalue weighted by Gasteiger charge is -2.20. The first kappa shape index (κ1) is 14.8. The van der Waals surface area contributed by atoms with E-state index in [9.17, 15) is 4.79 Å². The molecule has 100 valence electrons. The molecule has 0 bridgehead atoms. The van der Waals surface area contributed by atoms with Gasteiger partial charge in [0.15, 0.2) is 11.6 Å². The van der Waals surface area contributed by atoms with Crippen LogP contribution in [0, 0.1) is 6.92 Å². The summed E-state index contributed by atoms with van der Waals surface area (Å²) in [5.41, 5.74) is 0.198. The van der Waals surface area contributed by atoms with Crippen LogP contribution in [0.1, 0.15) is 26.5 Å². The fourth-order valence-electron chi connectivity index (χ4n) is 1.21.